The molecule has 2 saturated heterocycles. The third-order valence-electron chi connectivity index (χ3n) is 6.33. The maximum Gasteiger partial charge on any atom is 0.253 e. The molecule has 0 saturated carbocycles. The van der Waals surface area contributed by atoms with Gasteiger partial charge in [0, 0.05) is 61.8 Å². The Kier molecular flexibility index (Phi) is 6.35. The van der Waals surface area contributed by atoms with Gasteiger partial charge < -0.3 is 14.2 Å². The molecular weight excluding hydrogens is 378 g/mol. The molecule has 3 heterocycles. The fourth-order valence-corrected chi connectivity index (χ4v) is 4.52. The second-order valence-electron chi connectivity index (χ2n) is 8.39. The normalized spacial score (nSPS) is 19.9. The highest BCUT2D eigenvalue weighted by molar-refractivity contribution is 5.99. The van der Waals surface area contributed by atoms with E-state index in [2.05, 4.69) is 16.4 Å². The Morgan fingerprint density at radius 1 is 1.07 bits per heavy atom. The lowest BCUT2D eigenvalue weighted by atomic mass is 10.1. The molecule has 6 nitrogen and oxygen atoms in total. The summed E-state index contributed by atoms with van der Waals surface area (Å²) in [6.07, 6.45) is 2.47. The van der Waals surface area contributed by atoms with Gasteiger partial charge in [-0.15, -0.1) is 0 Å². The zero-order chi connectivity index (χ0) is 21.1. The molecule has 1 aromatic heterocycles. The highest BCUT2D eigenvalue weighted by Gasteiger charge is 2.25. The standard InChI is InChI=1S/C24H31N3O3/c1-18-15-22(19(2)27(18)16-21-9-6-14-30-21)23(28)17-25-10-12-26(13-11-25)24(29)20-7-4-3-5-8-20/h3-5,7-8,15,21H,6,9-14,16-17H2,1-2H3. The minimum absolute atomic E-state index is 0.0688. The predicted octanol–water partition coefficient (Wildman–Crippen LogP) is 2.92. The van der Waals surface area contributed by atoms with Gasteiger partial charge in [0.05, 0.1) is 12.6 Å². The smallest absolute Gasteiger partial charge is 0.253 e. The first-order valence-corrected chi connectivity index (χ1v) is 10.9. The van der Waals surface area contributed by atoms with Crippen molar-refractivity contribution < 1.29 is 14.3 Å². The highest BCUT2D eigenvalue weighted by Crippen LogP contribution is 2.21. The molecule has 160 valence electrons. The van der Waals surface area contributed by atoms with Crippen molar-refractivity contribution in [2.45, 2.75) is 39.3 Å². The Morgan fingerprint density at radius 3 is 2.47 bits per heavy atom. The van der Waals surface area contributed by atoms with Crippen molar-refractivity contribution in [3.05, 3.63) is 58.9 Å². The number of aromatic nitrogens is 1. The number of hydrogen-bond donors (Lipinski definition) is 0. The lowest BCUT2D eigenvalue weighted by molar-refractivity contribution is 0.0624. The molecule has 2 aliphatic rings. The molecule has 30 heavy (non-hydrogen) atoms. The Morgan fingerprint density at radius 2 is 1.80 bits per heavy atom. The van der Waals surface area contributed by atoms with Crippen LogP contribution in [0.15, 0.2) is 36.4 Å². The van der Waals surface area contributed by atoms with Gasteiger partial charge in [-0.1, -0.05) is 18.2 Å². The average molecular weight is 410 g/mol. The number of carbonyl (C=O) groups is 2. The molecule has 2 fully saturated rings. The van der Waals surface area contributed by atoms with Crippen molar-refractivity contribution >= 4 is 11.7 Å². The SMILES string of the molecule is Cc1cc(C(=O)CN2CCN(C(=O)c3ccccc3)CC2)c(C)n1CC1CCCO1. The van der Waals surface area contributed by atoms with Crippen LogP contribution in [0.4, 0.5) is 0 Å². The maximum absolute atomic E-state index is 13.0. The largest absolute Gasteiger partial charge is 0.376 e. The van der Waals surface area contributed by atoms with E-state index < -0.39 is 0 Å². The number of amides is 1. The fraction of sp³-hybridized carbons (Fsp3) is 0.500. The summed E-state index contributed by atoms with van der Waals surface area (Å²) in [4.78, 5) is 29.6. The molecule has 2 aromatic rings. The first kappa shape index (κ1) is 20.8. The van der Waals surface area contributed by atoms with Crippen LogP contribution in [0.5, 0.6) is 0 Å². The number of hydrogen-bond acceptors (Lipinski definition) is 4. The second kappa shape index (κ2) is 9.14. The summed E-state index contributed by atoms with van der Waals surface area (Å²) in [6, 6.07) is 11.4. The number of benzene rings is 1. The van der Waals surface area contributed by atoms with Gasteiger partial charge in [0.25, 0.3) is 5.91 Å². The summed E-state index contributed by atoms with van der Waals surface area (Å²) in [7, 11) is 0. The van der Waals surface area contributed by atoms with E-state index in [0.29, 0.717) is 19.6 Å². The minimum Gasteiger partial charge on any atom is -0.376 e. The first-order chi connectivity index (χ1) is 14.5. The second-order valence-corrected chi connectivity index (χ2v) is 8.39. The minimum atomic E-state index is 0.0688. The average Bonchev–Trinajstić information content (AvgIpc) is 3.38. The third kappa shape index (κ3) is 4.50. The zero-order valence-corrected chi connectivity index (χ0v) is 18.0. The quantitative estimate of drug-likeness (QED) is 0.689. The summed E-state index contributed by atoms with van der Waals surface area (Å²) < 4.78 is 8.00. The molecule has 0 radical (unpaired) electrons. The lowest BCUT2D eigenvalue weighted by Crippen LogP contribution is -2.49. The van der Waals surface area contributed by atoms with E-state index in [1.165, 1.54) is 0 Å². The number of ketones is 1. The topological polar surface area (TPSA) is 54.8 Å². The van der Waals surface area contributed by atoms with Crippen LogP contribution < -0.4 is 0 Å². The van der Waals surface area contributed by atoms with Crippen LogP contribution in [-0.4, -0.2) is 71.5 Å². The summed E-state index contributed by atoms with van der Waals surface area (Å²) in [5.74, 6) is 0.226. The molecule has 6 heteroatoms. The van der Waals surface area contributed by atoms with E-state index in [1.54, 1.807) is 0 Å². The summed E-state index contributed by atoms with van der Waals surface area (Å²) in [6.45, 7) is 8.91. The number of carbonyl (C=O) groups excluding carboxylic acids is 2. The van der Waals surface area contributed by atoms with Crippen molar-refractivity contribution in [1.29, 1.82) is 0 Å². The fourth-order valence-electron chi connectivity index (χ4n) is 4.52. The lowest BCUT2D eigenvalue weighted by Gasteiger charge is -2.34. The summed E-state index contributed by atoms with van der Waals surface area (Å²) in [5.41, 5.74) is 3.68. The molecule has 1 aromatic carbocycles. The van der Waals surface area contributed by atoms with Crippen LogP contribution in [-0.2, 0) is 11.3 Å². The molecule has 1 unspecified atom stereocenters. The van der Waals surface area contributed by atoms with Crippen LogP contribution in [0.1, 0.15) is 44.9 Å². The van der Waals surface area contributed by atoms with E-state index in [0.717, 1.165) is 61.6 Å². The van der Waals surface area contributed by atoms with Crippen molar-refractivity contribution in [3.63, 3.8) is 0 Å². The number of ether oxygens (including phenoxy) is 1. The zero-order valence-electron chi connectivity index (χ0n) is 18.0. The summed E-state index contributed by atoms with van der Waals surface area (Å²) in [5, 5.41) is 0. The molecule has 4 rings (SSSR count). The predicted molar refractivity (Wildman–Crippen MR) is 116 cm³/mol. The van der Waals surface area contributed by atoms with Crippen molar-refractivity contribution in [3.8, 4) is 0 Å². The van der Waals surface area contributed by atoms with Gasteiger partial charge in [0.1, 0.15) is 0 Å². The van der Waals surface area contributed by atoms with E-state index in [9.17, 15) is 9.59 Å². The Hall–Kier alpha value is -2.44. The van der Waals surface area contributed by atoms with Crippen LogP contribution in [0.2, 0.25) is 0 Å². The van der Waals surface area contributed by atoms with Crippen LogP contribution in [0.25, 0.3) is 0 Å². The van der Waals surface area contributed by atoms with Crippen molar-refractivity contribution in [2.24, 2.45) is 0 Å². The van der Waals surface area contributed by atoms with Crippen LogP contribution in [0, 0.1) is 13.8 Å². The Labute approximate surface area is 178 Å². The maximum atomic E-state index is 13.0. The van der Waals surface area contributed by atoms with Crippen molar-refractivity contribution in [1.82, 2.24) is 14.4 Å². The number of nitrogens with zero attached hydrogens (tertiary/aromatic N) is 3. The van der Waals surface area contributed by atoms with Gasteiger partial charge in [0.2, 0.25) is 0 Å². The van der Waals surface area contributed by atoms with Gasteiger partial charge in [0.15, 0.2) is 5.78 Å². The van der Waals surface area contributed by atoms with E-state index >= 15 is 0 Å². The third-order valence-corrected chi connectivity index (χ3v) is 6.33. The molecule has 0 aliphatic carbocycles. The monoisotopic (exact) mass is 409 g/mol. The Bertz CT molecular complexity index is 892. The molecule has 0 spiro atoms. The molecule has 0 bridgehead atoms. The van der Waals surface area contributed by atoms with E-state index in [1.807, 2.05) is 48.2 Å². The molecule has 1 amide bonds. The molecule has 0 N–H and O–H groups in total. The Balaban J connectivity index is 1.33. The van der Waals surface area contributed by atoms with E-state index in [4.69, 9.17) is 4.74 Å². The molecule has 2 aliphatic heterocycles. The van der Waals surface area contributed by atoms with Gasteiger partial charge in [-0.25, -0.2) is 0 Å². The number of rotatable bonds is 6. The van der Waals surface area contributed by atoms with Crippen LogP contribution >= 0.6 is 0 Å². The van der Waals surface area contributed by atoms with Gasteiger partial charge in [-0.05, 0) is 44.9 Å². The first-order valence-electron chi connectivity index (χ1n) is 10.9. The van der Waals surface area contributed by atoms with Gasteiger partial charge >= 0.3 is 0 Å². The van der Waals surface area contributed by atoms with Crippen LogP contribution in [0.3, 0.4) is 0 Å². The molecule has 1 atom stereocenters. The number of Topliss-reactive ketones (excluding diaryl/α,β-unsaturated/α-hetero) is 1. The highest BCUT2D eigenvalue weighted by atomic mass is 16.5. The number of piperazine rings is 1. The molecular formula is C24H31N3O3. The van der Waals surface area contributed by atoms with Crippen molar-refractivity contribution in [2.75, 3.05) is 39.3 Å². The van der Waals surface area contributed by atoms with E-state index in [-0.39, 0.29) is 17.8 Å². The number of aryl methyl sites for hydroxylation is 1. The summed E-state index contributed by atoms with van der Waals surface area (Å²) >= 11 is 0. The van der Waals surface area contributed by atoms with Gasteiger partial charge in [-0.3, -0.25) is 14.5 Å². The van der Waals surface area contributed by atoms with Gasteiger partial charge in [-0.2, -0.15) is 0 Å².